The molecule has 0 aliphatic heterocycles. The van der Waals surface area contributed by atoms with Gasteiger partial charge in [-0.25, -0.2) is 4.79 Å². The van der Waals surface area contributed by atoms with Crippen LogP contribution in [0.4, 0.5) is 0 Å². The highest BCUT2D eigenvalue weighted by atomic mass is 16.5. The van der Waals surface area contributed by atoms with E-state index in [1.807, 2.05) is 25.1 Å². The van der Waals surface area contributed by atoms with Crippen LogP contribution >= 0.6 is 0 Å². The van der Waals surface area contributed by atoms with Gasteiger partial charge in [0.25, 0.3) is 0 Å². The number of rotatable bonds is 2. The first-order chi connectivity index (χ1) is 9.20. The maximum atomic E-state index is 11.8. The number of carbonyl (C=O) groups excluding carboxylic acids is 1. The Morgan fingerprint density at radius 2 is 2.26 bits per heavy atom. The average molecular weight is 255 g/mol. The molecule has 19 heavy (non-hydrogen) atoms. The lowest BCUT2D eigenvalue weighted by Gasteiger charge is -2.13. The van der Waals surface area contributed by atoms with Crippen LogP contribution < -0.4 is 0 Å². The van der Waals surface area contributed by atoms with Gasteiger partial charge in [-0.15, -0.1) is 0 Å². The Morgan fingerprint density at radius 3 is 3.05 bits per heavy atom. The molecule has 1 aliphatic carbocycles. The second-order valence-electron chi connectivity index (χ2n) is 4.92. The van der Waals surface area contributed by atoms with Crippen LogP contribution in [0.2, 0.25) is 0 Å². The summed E-state index contributed by atoms with van der Waals surface area (Å²) in [5.74, 6) is -0.256. The van der Waals surface area contributed by atoms with Crippen molar-refractivity contribution in [3.63, 3.8) is 0 Å². The highest BCUT2D eigenvalue weighted by molar-refractivity contribution is 5.97. The van der Waals surface area contributed by atoms with E-state index in [-0.39, 0.29) is 5.97 Å². The zero-order valence-electron chi connectivity index (χ0n) is 11.1. The van der Waals surface area contributed by atoms with Crippen LogP contribution in [0.3, 0.4) is 0 Å². The number of aromatic amines is 1. The molecule has 3 rings (SSSR count). The molecule has 0 atom stereocenters. The van der Waals surface area contributed by atoms with E-state index in [2.05, 4.69) is 11.6 Å². The molecule has 0 unspecified atom stereocenters. The van der Waals surface area contributed by atoms with Crippen molar-refractivity contribution in [1.82, 2.24) is 4.98 Å². The van der Waals surface area contributed by atoms with Crippen molar-refractivity contribution in [2.75, 3.05) is 6.61 Å². The van der Waals surface area contributed by atoms with Gasteiger partial charge >= 0.3 is 5.97 Å². The Bertz CT molecular complexity index is 667. The Morgan fingerprint density at radius 1 is 1.42 bits per heavy atom. The normalized spacial score (nSPS) is 14.5. The Labute approximate surface area is 112 Å². The van der Waals surface area contributed by atoms with E-state index in [0.29, 0.717) is 12.2 Å². The summed E-state index contributed by atoms with van der Waals surface area (Å²) in [6.07, 6.45) is 3.22. The standard InChI is InChI=1S/C16H17NO2/c1-3-19-16(18)11-7-8-14-13(9-11)12-6-4-5-10(2)15(12)17-14/h7-9,17H,2-6H2,1H3. The number of aryl methyl sites for hydroxylation is 1. The van der Waals surface area contributed by atoms with Gasteiger partial charge < -0.3 is 9.72 Å². The van der Waals surface area contributed by atoms with Gasteiger partial charge in [0, 0.05) is 16.6 Å². The van der Waals surface area contributed by atoms with Crippen molar-refractivity contribution in [3.05, 3.63) is 41.6 Å². The molecular weight excluding hydrogens is 238 g/mol. The zero-order chi connectivity index (χ0) is 13.4. The molecule has 1 aromatic heterocycles. The van der Waals surface area contributed by atoms with Gasteiger partial charge in [-0.2, -0.15) is 0 Å². The molecule has 1 N–H and O–H groups in total. The van der Waals surface area contributed by atoms with E-state index in [1.165, 1.54) is 5.56 Å². The second-order valence-corrected chi connectivity index (χ2v) is 4.92. The molecule has 3 nitrogen and oxygen atoms in total. The topological polar surface area (TPSA) is 42.1 Å². The summed E-state index contributed by atoms with van der Waals surface area (Å²) < 4.78 is 5.05. The molecule has 0 amide bonds. The molecule has 3 heteroatoms. The van der Waals surface area contributed by atoms with Crippen molar-refractivity contribution in [2.24, 2.45) is 0 Å². The number of carbonyl (C=O) groups is 1. The Balaban J connectivity index is 2.12. The molecule has 0 spiro atoms. The maximum absolute atomic E-state index is 11.8. The highest BCUT2D eigenvalue weighted by Gasteiger charge is 2.19. The largest absolute Gasteiger partial charge is 0.462 e. The van der Waals surface area contributed by atoms with Gasteiger partial charge in [-0.1, -0.05) is 6.58 Å². The third-order valence-corrected chi connectivity index (χ3v) is 3.68. The van der Waals surface area contributed by atoms with Crippen LogP contribution in [0.1, 0.15) is 41.4 Å². The summed E-state index contributed by atoms with van der Waals surface area (Å²) in [6.45, 7) is 6.33. The maximum Gasteiger partial charge on any atom is 0.338 e. The van der Waals surface area contributed by atoms with Crippen LogP contribution in [0.5, 0.6) is 0 Å². The van der Waals surface area contributed by atoms with Crippen molar-refractivity contribution >= 4 is 22.4 Å². The van der Waals surface area contributed by atoms with E-state index in [4.69, 9.17) is 4.74 Å². The first-order valence-electron chi connectivity index (χ1n) is 6.70. The number of esters is 1. The van der Waals surface area contributed by atoms with Crippen molar-refractivity contribution < 1.29 is 9.53 Å². The minimum atomic E-state index is -0.256. The lowest BCUT2D eigenvalue weighted by atomic mass is 9.92. The molecular formula is C16H17NO2. The third-order valence-electron chi connectivity index (χ3n) is 3.68. The molecule has 0 saturated carbocycles. The molecule has 98 valence electrons. The van der Waals surface area contributed by atoms with Gasteiger partial charge in [0.15, 0.2) is 0 Å². The first kappa shape index (κ1) is 12.0. The molecule has 1 aromatic carbocycles. The van der Waals surface area contributed by atoms with E-state index in [9.17, 15) is 4.79 Å². The molecule has 0 radical (unpaired) electrons. The summed E-state index contributed by atoms with van der Waals surface area (Å²) in [6, 6.07) is 5.69. The van der Waals surface area contributed by atoms with E-state index < -0.39 is 0 Å². The quantitative estimate of drug-likeness (QED) is 0.831. The number of aromatic nitrogens is 1. The van der Waals surface area contributed by atoms with Gasteiger partial charge in [0.1, 0.15) is 0 Å². The molecule has 0 fully saturated rings. The van der Waals surface area contributed by atoms with E-state index in [1.54, 1.807) is 0 Å². The zero-order valence-corrected chi connectivity index (χ0v) is 11.1. The highest BCUT2D eigenvalue weighted by Crippen LogP contribution is 2.34. The number of H-pyrrole nitrogens is 1. The molecule has 0 saturated heterocycles. The monoisotopic (exact) mass is 255 g/mol. The smallest absolute Gasteiger partial charge is 0.338 e. The summed E-state index contributed by atoms with van der Waals surface area (Å²) in [5, 5.41) is 1.13. The number of nitrogens with one attached hydrogen (secondary N) is 1. The van der Waals surface area contributed by atoms with Crippen LogP contribution in [0.25, 0.3) is 16.5 Å². The predicted octanol–water partition coefficient (Wildman–Crippen LogP) is 3.69. The van der Waals surface area contributed by atoms with Crippen molar-refractivity contribution in [1.29, 1.82) is 0 Å². The number of allylic oxidation sites excluding steroid dienone is 1. The fourth-order valence-corrected chi connectivity index (χ4v) is 2.75. The summed E-state index contributed by atoms with van der Waals surface area (Å²) >= 11 is 0. The van der Waals surface area contributed by atoms with Crippen LogP contribution in [-0.2, 0) is 11.2 Å². The Kier molecular flexibility index (Phi) is 2.90. The number of hydrogen-bond donors (Lipinski definition) is 1. The summed E-state index contributed by atoms with van der Waals surface area (Å²) in [5.41, 5.74) is 5.29. The molecule has 1 aliphatic rings. The van der Waals surface area contributed by atoms with Gasteiger partial charge in [0.2, 0.25) is 0 Å². The minimum absolute atomic E-state index is 0.256. The molecule has 2 aromatic rings. The predicted molar refractivity (Wildman–Crippen MR) is 76.2 cm³/mol. The average Bonchev–Trinajstić information content (AvgIpc) is 2.78. The number of fused-ring (bicyclic) bond motifs is 3. The lowest BCUT2D eigenvalue weighted by molar-refractivity contribution is 0.0526. The summed E-state index contributed by atoms with van der Waals surface area (Å²) in [7, 11) is 0. The first-order valence-corrected chi connectivity index (χ1v) is 6.70. The Hall–Kier alpha value is -2.03. The summed E-state index contributed by atoms with van der Waals surface area (Å²) in [4.78, 5) is 15.2. The third kappa shape index (κ3) is 1.95. The van der Waals surface area contributed by atoms with Gasteiger partial charge in [0.05, 0.1) is 12.2 Å². The van der Waals surface area contributed by atoms with Crippen molar-refractivity contribution in [2.45, 2.75) is 26.2 Å². The lowest BCUT2D eigenvalue weighted by Crippen LogP contribution is -2.04. The fraction of sp³-hybridized carbons (Fsp3) is 0.312. The number of hydrogen-bond acceptors (Lipinski definition) is 2. The fourth-order valence-electron chi connectivity index (χ4n) is 2.75. The number of benzene rings is 1. The van der Waals surface area contributed by atoms with E-state index >= 15 is 0 Å². The van der Waals surface area contributed by atoms with Crippen LogP contribution in [0.15, 0.2) is 24.8 Å². The molecule has 1 heterocycles. The van der Waals surface area contributed by atoms with Gasteiger partial charge in [-0.3, -0.25) is 0 Å². The number of ether oxygens (including phenoxy) is 1. The van der Waals surface area contributed by atoms with Crippen LogP contribution in [0, 0.1) is 0 Å². The van der Waals surface area contributed by atoms with Crippen molar-refractivity contribution in [3.8, 4) is 0 Å². The second kappa shape index (κ2) is 4.57. The minimum Gasteiger partial charge on any atom is -0.462 e. The molecule has 0 bridgehead atoms. The van der Waals surface area contributed by atoms with Gasteiger partial charge in [-0.05, 0) is 55.5 Å². The SMILES string of the molecule is C=C1CCCc2c1[nH]c1ccc(C(=O)OCC)cc21. The van der Waals surface area contributed by atoms with Crippen LogP contribution in [-0.4, -0.2) is 17.6 Å². The van der Waals surface area contributed by atoms with E-state index in [0.717, 1.165) is 41.4 Å².